The highest BCUT2D eigenvalue weighted by atomic mass is 35.5. The van der Waals surface area contributed by atoms with Gasteiger partial charge in [-0.25, -0.2) is 0 Å². The number of hydrogen-bond acceptors (Lipinski definition) is 9. The maximum absolute atomic E-state index is 11.9. The van der Waals surface area contributed by atoms with Gasteiger partial charge in [-0.05, 0) is 49.1 Å². The van der Waals surface area contributed by atoms with Crippen LogP contribution in [0.5, 0.6) is 11.5 Å². The number of ether oxygens (including phenoxy) is 3. The lowest BCUT2D eigenvalue weighted by molar-refractivity contribution is -0.0813. The van der Waals surface area contributed by atoms with E-state index in [-0.39, 0.29) is 41.4 Å². The smallest absolute Gasteiger partial charge is 0.153 e. The van der Waals surface area contributed by atoms with Gasteiger partial charge in [0.15, 0.2) is 6.29 Å². The molecule has 2 aromatic carbocycles. The molecule has 236 valence electrons. The number of carbonyl (C=O) groups excluding carboxylic acids is 1. The maximum Gasteiger partial charge on any atom is 0.153 e. The van der Waals surface area contributed by atoms with E-state index in [2.05, 4.69) is 16.0 Å². The minimum Gasteiger partial charge on any atom is -0.488 e. The van der Waals surface area contributed by atoms with Crippen molar-refractivity contribution in [2.24, 2.45) is 5.41 Å². The first-order valence-corrected chi connectivity index (χ1v) is 15.5. The average Bonchev–Trinajstić information content (AvgIpc) is 3.51. The summed E-state index contributed by atoms with van der Waals surface area (Å²) in [5, 5.41) is 30.0. The third-order valence-corrected chi connectivity index (χ3v) is 8.79. The van der Waals surface area contributed by atoms with Gasteiger partial charge in [0.05, 0.1) is 28.3 Å². The van der Waals surface area contributed by atoms with Crippen molar-refractivity contribution in [1.82, 2.24) is 9.88 Å². The first-order valence-electron chi connectivity index (χ1n) is 15.1. The van der Waals surface area contributed by atoms with E-state index in [0.717, 1.165) is 30.6 Å². The molecule has 10 heteroatoms. The number of aliphatic hydroxyl groups is 1. The van der Waals surface area contributed by atoms with E-state index in [9.17, 15) is 20.4 Å². The molecule has 0 saturated carbocycles. The molecular weight excluding hydrogens is 604 g/mol. The summed E-state index contributed by atoms with van der Waals surface area (Å²) < 4.78 is 19.0. The molecule has 1 aliphatic carbocycles. The number of aromatic nitrogens is 1. The average molecular weight is 639 g/mol. The van der Waals surface area contributed by atoms with Crippen molar-refractivity contribution in [3.8, 4) is 23.6 Å². The molecule has 3 aromatic rings. The number of aliphatic hydroxyl groups excluding tert-OH is 1. The summed E-state index contributed by atoms with van der Waals surface area (Å²) in [6, 6.07) is 19.0. The number of carbonyl (C=O) groups is 1. The quantitative estimate of drug-likeness (QED) is 0.183. The molecule has 0 spiro atoms. The standard InChI is InChI=1S/C36H35ClN4O5/c1-35(24-39)31(28-7-3-2-4-8-28)9-5-11-36(35,46-14-6-12-41-13-10-30(43)21-41)25-45-34-17-33(29(22-42)16-32(34)37)44-23-27-15-26(18-38)19-40-20-27/h2-5,7-9,11,15-17,19-20,22,30,43H,6,10,12-14,21,23,25H2,1H3/t30?,35-,36?/m0/s1. The van der Waals surface area contributed by atoms with Crippen LogP contribution in [0.2, 0.25) is 5.02 Å². The summed E-state index contributed by atoms with van der Waals surface area (Å²) in [5.41, 5.74) is 0.613. The Morgan fingerprint density at radius 2 is 1.98 bits per heavy atom. The van der Waals surface area contributed by atoms with Crippen LogP contribution in [0, 0.1) is 28.1 Å². The second-order valence-electron chi connectivity index (χ2n) is 11.6. The molecule has 1 fully saturated rings. The predicted molar refractivity (Wildman–Crippen MR) is 173 cm³/mol. The molecule has 0 bridgehead atoms. The maximum atomic E-state index is 11.9. The second-order valence-corrected chi connectivity index (χ2v) is 12.0. The number of allylic oxidation sites excluding steroid dienone is 2. The highest BCUT2D eigenvalue weighted by Crippen LogP contribution is 2.49. The van der Waals surface area contributed by atoms with Crippen LogP contribution in [-0.2, 0) is 11.3 Å². The Balaban J connectivity index is 1.40. The van der Waals surface area contributed by atoms with Gasteiger partial charge in [0.25, 0.3) is 0 Å². The van der Waals surface area contributed by atoms with Crippen LogP contribution in [0.15, 0.2) is 79.2 Å². The number of nitriles is 2. The SMILES string of the molecule is C[C@]1(C#N)C(c2ccccc2)=CC=CC1(COc1cc(OCc2cncc(C#N)c2)c(C=O)cc1Cl)OCCCN1CCC(O)C1. The molecule has 2 unspecified atom stereocenters. The molecule has 46 heavy (non-hydrogen) atoms. The molecule has 2 aliphatic rings. The van der Waals surface area contributed by atoms with Crippen molar-refractivity contribution < 1.29 is 24.1 Å². The van der Waals surface area contributed by atoms with Crippen LogP contribution in [0.25, 0.3) is 5.57 Å². The third-order valence-electron chi connectivity index (χ3n) is 8.50. The van der Waals surface area contributed by atoms with Gasteiger partial charge in [-0.1, -0.05) is 54.1 Å². The molecular formula is C36H35ClN4O5. The minimum atomic E-state index is -1.21. The van der Waals surface area contributed by atoms with E-state index < -0.39 is 11.0 Å². The number of β-amino-alcohol motifs (C(OH)–C–C–N with tert-alkyl or cyclic N) is 1. The van der Waals surface area contributed by atoms with Gasteiger partial charge >= 0.3 is 0 Å². The Bertz CT molecular complexity index is 1700. The summed E-state index contributed by atoms with van der Waals surface area (Å²) in [6.07, 6.45) is 10.5. The van der Waals surface area contributed by atoms with E-state index in [0.29, 0.717) is 37.0 Å². The van der Waals surface area contributed by atoms with Crippen molar-refractivity contribution in [2.45, 2.75) is 38.1 Å². The number of rotatable bonds is 13. The zero-order chi connectivity index (χ0) is 32.6. The molecule has 3 atom stereocenters. The zero-order valence-corrected chi connectivity index (χ0v) is 26.3. The normalized spacial score (nSPS) is 22.5. The molecule has 1 N–H and O–H groups in total. The van der Waals surface area contributed by atoms with E-state index in [4.69, 9.17) is 25.8 Å². The fourth-order valence-electron chi connectivity index (χ4n) is 5.85. The molecule has 0 radical (unpaired) electrons. The Hall–Kier alpha value is -4.51. The van der Waals surface area contributed by atoms with E-state index >= 15 is 0 Å². The lowest BCUT2D eigenvalue weighted by Crippen LogP contribution is -2.53. The van der Waals surface area contributed by atoms with Gasteiger partial charge in [0.2, 0.25) is 0 Å². The van der Waals surface area contributed by atoms with Crippen molar-refractivity contribution in [3.05, 3.63) is 106 Å². The van der Waals surface area contributed by atoms with Crippen molar-refractivity contribution in [3.63, 3.8) is 0 Å². The number of likely N-dealkylation sites (tertiary alicyclic amines) is 1. The third kappa shape index (κ3) is 7.14. The summed E-state index contributed by atoms with van der Waals surface area (Å²) in [5.74, 6) is 0.497. The fraction of sp³-hybridized carbons (Fsp3) is 0.333. The molecule has 1 aromatic heterocycles. The number of aldehydes is 1. The van der Waals surface area contributed by atoms with E-state index in [1.165, 1.54) is 12.3 Å². The topological polar surface area (TPSA) is 129 Å². The molecule has 2 heterocycles. The summed E-state index contributed by atoms with van der Waals surface area (Å²) in [4.78, 5) is 18.1. The van der Waals surface area contributed by atoms with Crippen LogP contribution in [-0.4, -0.2) is 65.8 Å². The van der Waals surface area contributed by atoms with Gasteiger partial charge in [-0.3, -0.25) is 9.78 Å². The van der Waals surface area contributed by atoms with Gasteiger partial charge in [0.1, 0.15) is 41.8 Å². The van der Waals surface area contributed by atoms with Crippen LogP contribution >= 0.6 is 11.6 Å². The fourth-order valence-corrected chi connectivity index (χ4v) is 6.08. The Labute approximate surface area is 273 Å². The van der Waals surface area contributed by atoms with Gasteiger partial charge in [-0.15, -0.1) is 0 Å². The highest BCUT2D eigenvalue weighted by molar-refractivity contribution is 6.32. The first-order chi connectivity index (χ1) is 22.3. The Morgan fingerprint density at radius 1 is 1.15 bits per heavy atom. The van der Waals surface area contributed by atoms with Gasteiger partial charge in [-0.2, -0.15) is 10.5 Å². The number of hydrogen-bond donors (Lipinski definition) is 1. The van der Waals surface area contributed by atoms with Gasteiger partial charge in [0, 0.05) is 50.3 Å². The molecule has 1 aliphatic heterocycles. The molecule has 9 nitrogen and oxygen atoms in total. The number of benzene rings is 2. The summed E-state index contributed by atoms with van der Waals surface area (Å²) in [6.45, 7) is 4.44. The summed E-state index contributed by atoms with van der Waals surface area (Å²) >= 11 is 6.59. The van der Waals surface area contributed by atoms with Crippen LogP contribution < -0.4 is 9.47 Å². The number of halogens is 1. The predicted octanol–water partition coefficient (Wildman–Crippen LogP) is 5.77. The number of nitrogens with zero attached hydrogens (tertiary/aromatic N) is 4. The molecule has 0 amide bonds. The Morgan fingerprint density at radius 3 is 2.70 bits per heavy atom. The van der Waals surface area contributed by atoms with E-state index in [1.54, 1.807) is 18.3 Å². The highest BCUT2D eigenvalue weighted by Gasteiger charge is 2.53. The van der Waals surface area contributed by atoms with E-state index in [1.807, 2.05) is 61.6 Å². The first kappa shape index (κ1) is 32.9. The minimum absolute atomic E-state index is 0.0615. The molecule has 5 rings (SSSR count). The second kappa shape index (κ2) is 14.7. The largest absolute Gasteiger partial charge is 0.488 e. The van der Waals surface area contributed by atoms with Crippen LogP contribution in [0.4, 0.5) is 0 Å². The lowest BCUT2D eigenvalue weighted by atomic mass is 9.65. The van der Waals surface area contributed by atoms with Crippen LogP contribution in [0.1, 0.15) is 46.8 Å². The number of pyridine rings is 1. The molecule has 1 saturated heterocycles. The zero-order valence-electron chi connectivity index (χ0n) is 25.6. The lowest BCUT2D eigenvalue weighted by Gasteiger charge is -2.45. The Kier molecular flexibility index (Phi) is 10.5. The summed E-state index contributed by atoms with van der Waals surface area (Å²) in [7, 11) is 0. The van der Waals surface area contributed by atoms with Crippen molar-refractivity contribution in [2.75, 3.05) is 32.8 Å². The van der Waals surface area contributed by atoms with Gasteiger partial charge < -0.3 is 24.2 Å². The van der Waals surface area contributed by atoms with Crippen LogP contribution in [0.3, 0.4) is 0 Å². The van der Waals surface area contributed by atoms with Crippen molar-refractivity contribution in [1.29, 1.82) is 10.5 Å². The monoisotopic (exact) mass is 638 g/mol. The van der Waals surface area contributed by atoms with Crippen molar-refractivity contribution >= 4 is 23.5 Å².